The maximum absolute atomic E-state index is 12.8. The van der Waals surface area contributed by atoms with Gasteiger partial charge in [0.05, 0.1) is 18.2 Å². The fraction of sp³-hybridized carbons (Fsp3) is 0.190. The molecule has 0 amide bonds. The van der Waals surface area contributed by atoms with E-state index < -0.39 is 16.8 Å². The zero-order valence-corrected chi connectivity index (χ0v) is 15.4. The monoisotopic (exact) mass is 382 g/mol. The van der Waals surface area contributed by atoms with Gasteiger partial charge in [-0.15, -0.1) is 0 Å². The number of benzene rings is 2. The molecule has 1 aliphatic heterocycles. The summed E-state index contributed by atoms with van der Waals surface area (Å²) in [5, 5.41) is 30.6. The molecule has 2 aromatic carbocycles. The summed E-state index contributed by atoms with van der Waals surface area (Å²) in [6.45, 7) is 3.71. The number of hydrogen-bond acceptors (Lipinski definition) is 7. The van der Waals surface area contributed by atoms with Crippen LogP contribution < -0.4 is 14.9 Å². The van der Waals surface area contributed by atoms with Crippen molar-refractivity contribution in [2.24, 2.45) is 0 Å². The number of ether oxygens (including phenoxy) is 2. The highest BCUT2D eigenvalue weighted by atomic mass is 16.5. The van der Waals surface area contributed by atoms with Crippen LogP contribution in [0.1, 0.15) is 19.4 Å². The molecule has 0 fully saturated rings. The van der Waals surface area contributed by atoms with Gasteiger partial charge < -0.3 is 29.2 Å². The van der Waals surface area contributed by atoms with E-state index in [-0.39, 0.29) is 39.5 Å². The van der Waals surface area contributed by atoms with Crippen molar-refractivity contribution in [2.45, 2.75) is 19.4 Å². The number of phenolic OH excluding ortho intramolecular Hbond substituents is 2. The Morgan fingerprint density at radius 2 is 1.82 bits per heavy atom. The van der Waals surface area contributed by atoms with Crippen molar-refractivity contribution in [1.82, 2.24) is 0 Å². The second kappa shape index (κ2) is 5.95. The number of aromatic hydroxyl groups is 3. The Kier molecular flexibility index (Phi) is 3.78. The van der Waals surface area contributed by atoms with E-state index in [0.717, 1.165) is 0 Å². The van der Waals surface area contributed by atoms with Crippen LogP contribution in [0.15, 0.2) is 39.6 Å². The minimum absolute atomic E-state index is 0.0441. The van der Waals surface area contributed by atoms with Gasteiger partial charge in [0.25, 0.3) is 0 Å². The van der Waals surface area contributed by atoms with E-state index in [1.165, 1.54) is 31.4 Å². The van der Waals surface area contributed by atoms with Gasteiger partial charge in [-0.05, 0) is 38.1 Å². The molecule has 0 aliphatic carbocycles. The van der Waals surface area contributed by atoms with Crippen molar-refractivity contribution >= 4 is 17.0 Å². The normalized spacial score (nSPS) is 14.5. The molecule has 4 rings (SSSR count). The van der Waals surface area contributed by atoms with E-state index >= 15 is 0 Å². The predicted octanol–water partition coefficient (Wildman–Crippen LogP) is 3.77. The quantitative estimate of drug-likeness (QED) is 0.619. The largest absolute Gasteiger partial charge is 0.508 e. The van der Waals surface area contributed by atoms with Crippen LogP contribution in [0, 0.1) is 0 Å². The molecule has 0 saturated heterocycles. The molecular weight excluding hydrogens is 364 g/mol. The van der Waals surface area contributed by atoms with Gasteiger partial charge in [0, 0.05) is 12.1 Å². The van der Waals surface area contributed by atoms with Crippen molar-refractivity contribution in [2.75, 3.05) is 7.11 Å². The zero-order valence-electron chi connectivity index (χ0n) is 15.4. The second-order valence-electron chi connectivity index (χ2n) is 7.04. The highest BCUT2D eigenvalue weighted by Gasteiger charge is 2.28. The van der Waals surface area contributed by atoms with Crippen LogP contribution in [0.25, 0.3) is 28.4 Å². The molecule has 0 spiro atoms. The van der Waals surface area contributed by atoms with Crippen LogP contribution in [-0.2, 0) is 0 Å². The zero-order chi connectivity index (χ0) is 20.2. The maximum Gasteiger partial charge on any atom is 0.238 e. The van der Waals surface area contributed by atoms with Crippen molar-refractivity contribution in [3.8, 4) is 40.1 Å². The van der Waals surface area contributed by atoms with Crippen LogP contribution in [-0.4, -0.2) is 28.0 Å². The lowest BCUT2D eigenvalue weighted by Gasteiger charge is -2.28. The average Bonchev–Trinajstić information content (AvgIpc) is 2.63. The highest BCUT2D eigenvalue weighted by molar-refractivity contribution is 5.93. The average molecular weight is 382 g/mol. The predicted molar refractivity (Wildman–Crippen MR) is 103 cm³/mol. The van der Waals surface area contributed by atoms with E-state index in [1.54, 1.807) is 12.2 Å². The summed E-state index contributed by atoms with van der Waals surface area (Å²) < 4.78 is 16.8. The molecule has 0 bridgehead atoms. The summed E-state index contributed by atoms with van der Waals surface area (Å²) in [7, 11) is 1.39. The van der Waals surface area contributed by atoms with Crippen molar-refractivity contribution in [1.29, 1.82) is 0 Å². The van der Waals surface area contributed by atoms with Gasteiger partial charge in [-0.2, -0.15) is 0 Å². The second-order valence-corrected chi connectivity index (χ2v) is 7.04. The van der Waals surface area contributed by atoms with E-state index in [1.807, 2.05) is 13.8 Å². The molecule has 0 radical (unpaired) electrons. The minimum Gasteiger partial charge on any atom is -0.508 e. The fourth-order valence-electron chi connectivity index (χ4n) is 3.21. The highest BCUT2D eigenvalue weighted by Crippen LogP contribution is 2.44. The molecule has 2 heterocycles. The van der Waals surface area contributed by atoms with Crippen LogP contribution in [0.4, 0.5) is 0 Å². The minimum atomic E-state index is -0.787. The van der Waals surface area contributed by atoms with Crippen LogP contribution in [0.2, 0.25) is 0 Å². The molecule has 144 valence electrons. The number of methoxy groups -OCH3 is 1. The summed E-state index contributed by atoms with van der Waals surface area (Å²) in [6.07, 6.45) is 3.43. The molecule has 7 nitrogen and oxygen atoms in total. The third-order valence-corrected chi connectivity index (χ3v) is 4.59. The number of rotatable bonds is 2. The summed E-state index contributed by atoms with van der Waals surface area (Å²) in [4.78, 5) is 12.8. The molecule has 28 heavy (non-hydrogen) atoms. The Morgan fingerprint density at radius 3 is 2.54 bits per heavy atom. The smallest absolute Gasteiger partial charge is 0.238 e. The molecule has 3 N–H and O–H groups in total. The first kappa shape index (κ1) is 17.8. The van der Waals surface area contributed by atoms with Gasteiger partial charge in [0.15, 0.2) is 5.76 Å². The first-order chi connectivity index (χ1) is 13.2. The van der Waals surface area contributed by atoms with Crippen molar-refractivity contribution < 1.29 is 29.2 Å². The number of fused-ring (bicyclic) bond motifs is 2. The SMILES string of the molecule is COc1cc(O)ccc1-c1oc2cc3c(c(O)c2c(=O)c1O)C=CC(C)(C)O3. The van der Waals surface area contributed by atoms with Gasteiger partial charge in [-0.3, -0.25) is 4.79 Å². The van der Waals surface area contributed by atoms with Gasteiger partial charge in [0.2, 0.25) is 11.2 Å². The lowest BCUT2D eigenvalue weighted by Crippen LogP contribution is -2.27. The standard InChI is InChI=1S/C21H18O7/c1-21(2)7-6-11-14(28-21)9-15-16(17(11)23)18(24)19(25)20(27-15)12-5-4-10(22)8-13(12)26-3/h4-9,22-23,25H,1-3H3. The first-order valence-electron chi connectivity index (χ1n) is 8.53. The van der Waals surface area contributed by atoms with E-state index in [2.05, 4.69) is 0 Å². The summed E-state index contributed by atoms with van der Waals surface area (Å²) >= 11 is 0. The molecule has 1 aromatic heterocycles. The van der Waals surface area contributed by atoms with Crippen LogP contribution >= 0.6 is 0 Å². The lowest BCUT2D eigenvalue weighted by atomic mass is 9.99. The molecule has 0 unspecified atom stereocenters. The molecule has 3 aromatic rings. The third-order valence-electron chi connectivity index (χ3n) is 4.59. The van der Waals surface area contributed by atoms with Gasteiger partial charge in [-0.1, -0.05) is 0 Å². The summed E-state index contributed by atoms with van der Waals surface area (Å²) in [5.41, 5.74) is -0.711. The fourth-order valence-corrected chi connectivity index (χ4v) is 3.21. The molecule has 1 aliphatic rings. The lowest BCUT2D eigenvalue weighted by molar-refractivity contribution is 0.158. The Bertz CT molecular complexity index is 1200. The Morgan fingerprint density at radius 1 is 1.07 bits per heavy atom. The molecule has 0 atom stereocenters. The van der Waals surface area contributed by atoms with Gasteiger partial charge in [-0.25, -0.2) is 0 Å². The van der Waals surface area contributed by atoms with E-state index in [0.29, 0.717) is 11.3 Å². The summed E-state index contributed by atoms with van der Waals surface area (Å²) in [6, 6.07) is 5.67. The van der Waals surface area contributed by atoms with Crippen LogP contribution in [0.5, 0.6) is 28.7 Å². The van der Waals surface area contributed by atoms with E-state index in [4.69, 9.17) is 13.9 Å². The Labute approximate surface area is 159 Å². The molecule has 7 heteroatoms. The van der Waals surface area contributed by atoms with Crippen LogP contribution in [0.3, 0.4) is 0 Å². The first-order valence-corrected chi connectivity index (χ1v) is 8.53. The van der Waals surface area contributed by atoms with Gasteiger partial charge >= 0.3 is 0 Å². The van der Waals surface area contributed by atoms with Gasteiger partial charge in [0.1, 0.15) is 39.6 Å². The topological polar surface area (TPSA) is 109 Å². The number of hydrogen-bond donors (Lipinski definition) is 3. The Balaban J connectivity index is 2.04. The molecular formula is C21H18O7. The Hall–Kier alpha value is -3.61. The maximum atomic E-state index is 12.8. The third kappa shape index (κ3) is 2.63. The van der Waals surface area contributed by atoms with E-state index in [9.17, 15) is 20.1 Å². The summed E-state index contributed by atoms with van der Waals surface area (Å²) in [5.74, 6) is -0.618. The van der Waals surface area contributed by atoms with Crippen molar-refractivity contribution in [3.63, 3.8) is 0 Å². The van der Waals surface area contributed by atoms with Crippen molar-refractivity contribution in [3.05, 3.63) is 46.1 Å². The molecule has 0 saturated carbocycles. The number of phenols is 2.